The molecule has 0 N–H and O–H groups in total. The molecule has 3 heterocycles. The zero-order valence-corrected chi connectivity index (χ0v) is 12.5. The zero-order chi connectivity index (χ0) is 15.6. The van der Waals surface area contributed by atoms with Gasteiger partial charge in [0.05, 0.1) is 12.7 Å². The Morgan fingerprint density at radius 3 is 2.74 bits per heavy atom. The highest BCUT2D eigenvalue weighted by atomic mass is 19.1. The molecule has 0 atom stereocenters. The lowest BCUT2D eigenvalue weighted by Gasteiger charge is -2.34. The van der Waals surface area contributed by atoms with Crippen molar-refractivity contribution in [3.63, 3.8) is 0 Å². The topological polar surface area (TPSA) is 58.3 Å². The van der Waals surface area contributed by atoms with E-state index in [0.717, 1.165) is 24.2 Å². The summed E-state index contributed by atoms with van der Waals surface area (Å²) in [6, 6.07) is 7.75. The van der Waals surface area contributed by atoms with E-state index in [0.29, 0.717) is 31.3 Å². The van der Waals surface area contributed by atoms with Gasteiger partial charge in [0.15, 0.2) is 17.2 Å². The summed E-state index contributed by atoms with van der Waals surface area (Å²) in [5.74, 6) is 0.717. The fourth-order valence-electron chi connectivity index (χ4n) is 2.84. The van der Waals surface area contributed by atoms with E-state index in [9.17, 15) is 4.39 Å². The molecule has 1 fully saturated rings. The van der Waals surface area contributed by atoms with Crippen molar-refractivity contribution in [1.82, 2.24) is 19.9 Å². The molecule has 1 aliphatic heterocycles. The summed E-state index contributed by atoms with van der Waals surface area (Å²) < 4.78 is 19.5. The molecule has 0 unspecified atom stereocenters. The quantitative estimate of drug-likeness (QED) is 0.738. The van der Waals surface area contributed by atoms with Crippen molar-refractivity contribution in [2.24, 2.45) is 0 Å². The van der Waals surface area contributed by atoms with Crippen LogP contribution in [-0.2, 0) is 6.54 Å². The number of hydrogen-bond acceptors (Lipinski definition) is 6. The number of halogens is 1. The Kier molecular flexibility index (Phi) is 3.63. The summed E-state index contributed by atoms with van der Waals surface area (Å²) in [6.07, 6.45) is 2.58. The van der Waals surface area contributed by atoms with Gasteiger partial charge in [-0.2, -0.15) is 0 Å². The first-order valence-corrected chi connectivity index (χ1v) is 7.57. The first-order valence-electron chi connectivity index (χ1n) is 7.57. The largest absolute Gasteiger partial charge is 0.439 e. The van der Waals surface area contributed by atoms with Gasteiger partial charge in [0.2, 0.25) is 5.89 Å². The summed E-state index contributed by atoms with van der Waals surface area (Å²) in [6.45, 7) is 3.71. The molecule has 23 heavy (non-hydrogen) atoms. The number of fused-ring (bicyclic) bond motifs is 1. The van der Waals surface area contributed by atoms with Gasteiger partial charge in [-0.15, -0.1) is 0 Å². The Hall–Kier alpha value is -2.54. The average molecular weight is 313 g/mol. The summed E-state index contributed by atoms with van der Waals surface area (Å²) in [5, 5.41) is 0. The first-order chi connectivity index (χ1) is 11.3. The van der Waals surface area contributed by atoms with Gasteiger partial charge >= 0.3 is 0 Å². The minimum atomic E-state index is -0.375. The van der Waals surface area contributed by atoms with Crippen molar-refractivity contribution in [3.05, 3.63) is 48.5 Å². The minimum absolute atomic E-state index is 0.375. The van der Waals surface area contributed by atoms with Gasteiger partial charge in [-0.1, -0.05) is 12.1 Å². The van der Waals surface area contributed by atoms with Crippen LogP contribution >= 0.6 is 0 Å². The highest BCUT2D eigenvalue weighted by molar-refractivity contribution is 5.72. The number of piperazine rings is 1. The number of benzene rings is 1. The first kappa shape index (κ1) is 14.1. The molecular weight excluding hydrogens is 297 g/mol. The molecule has 0 spiro atoms. The predicted octanol–water partition coefficient (Wildman–Crippen LogP) is 2.08. The van der Waals surface area contributed by atoms with Crippen LogP contribution in [0.25, 0.3) is 11.1 Å². The van der Waals surface area contributed by atoms with Crippen LogP contribution in [0.1, 0.15) is 5.89 Å². The maximum atomic E-state index is 13.7. The van der Waals surface area contributed by atoms with E-state index in [1.165, 1.54) is 12.5 Å². The molecule has 3 aromatic rings. The van der Waals surface area contributed by atoms with Crippen molar-refractivity contribution < 1.29 is 8.81 Å². The van der Waals surface area contributed by atoms with Gasteiger partial charge in [-0.25, -0.2) is 19.3 Å². The van der Waals surface area contributed by atoms with Crippen LogP contribution < -0.4 is 4.90 Å². The highest BCUT2D eigenvalue weighted by Crippen LogP contribution is 2.19. The molecule has 0 aliphatic carbocycles. The second-order valence-corrected chi connectivity index (χ2v) is 5.53. The Bertz CT molecular complexity index is 780. The third kappa shape index (κ3) is 2.87. The van der Waals surface area contributed by atoms with E-state index in [1.807, 2.05) is 29.2 Å². The van der Waals surface area contributed by atoms with E-state index in [-0.39, 0.29) is 5.82 Å². The highest BCUT2D eigenvalue weighted by Gasteiger charge is 2.21. The molecule has 1 saturated heterocycles. The lowest BCUT2D eigenvalue weighted by molar-refractivity contribution is 0.227. The SMILES string of the molecule is Fc1cncnc1N1CCN(Cc2nc3ccccc3o2)CC1. The smallest absolute Gasteiger partial charge is 0.209 e. The standard InChI is InChI=1S/C16H16FN5O/c17-12-9-18-11-19-16(12)22-7-5-21(6-8-22)10-15-20-13-3-1-2-4-14(13)23-15/h1-4,9,11H,5-8,10H2. The van der Waals surface area contributed by atoms with Crippen LogP contribution in [0, 0.1) is 5.82 Å². The molecule has 4 rings (SSSR count). The number of hydrogen-bond donors (Lipinski definition) is 0. The number of para-hydroxylation sites is 2. The third-order valence-corrected chi connectivity index (χ3v) is 4.02. The molecule has 0 saturated carbocycles. The van der Waals surface area contributed by atoms with Gasteiger partial charge < -0.3 is 9.32 Å². The predicted molar refractivity (Wildman–Crippen MR) is 83.5 cm³/mol. The lowest BCUT2D eigenvalue weighted by Crippen LogP contribution is -2.46. The van der Waals surface area contributed by atoms with Crippen LogP contribution in [0.5, 0.6) is 0 Å². The third-order valence-electron chi connectivity index (χ3n) is 4.02. The van der Waals surface area contributed by atoms with Crippen LogP contribution in [0.4, 0.5) is 10.2 Å². The lowest BCUT2D eigenvalue weighted by atomic mass is 10.3. The molecule has 0 bridgehead atoms. The van der Waals surface area contributed by atoms with Crippen molar-refractivity contribution in [2.75, 3.05) is 31.1 Å². The van der Waals surface area contributed by atoms with E-state index in [4.69, 9.17) is 4.42 Å². The van der Waals surface area contributed by atoms with Gasteiger partial charge in [-0.05, 0) is 12.1 Å². The normalized spacial score (nSPS) is 16.1. The minimum Gasteiger partial charge on any atom is -0.439 e. The van der Waals surface area contributed by atoms with E-state index >= 15 is 0 Å². The summed E-state index contributed by atoms with van der Waals surface area (Å²) in [5.41, 5.74) is 1.69. The molecular formula is C16H16FN5O. The number of aromatic nitrogens is 3. The maximum absolute atomic E-state index is 13.7. The number of nitrogens with zero attached hydrogens (tertiary/aromatic N) is 5. The van der Waals surface area contributed by atoms with Gasteiger partial charge in [0.25, 0.3) is 0 Å². The number of anilines is 1. The van der Waals surface area contributed by atoms with Gasteiger partial charge in [0.1, 0.15) is 11.8 Å². The molecule has 118 valence electrons. The molecule has 2 aromatic heterocycles. The average Bonchev–Trinajstić information content (AvgIpc) is 2.98. The summed E-state index contributed by atoms with van der Waals surface area (Å²) in [7, 11) is 0. The Morgan fingerprint density at radius 2 is 1.96 bits per heavy atom. The van der Waals surface area contributed by atoms with Gasteiger partial charge in [0, 0.05) is 26.2 Å². The Morgan fingerprint density at radius 1 is 1.13 bits per heavy atom. The van der Waals surface area contributed by atoms with Crippen molar-refractivity contribution in [1.29, 1.82) is 0 Å². The van der Waals surface area contributed by atoms with Crippen LogP contribution in [0.15, 0.2) is 41.2 Å². The second-order valence-electron chi connectivity index (χ2n) is 5.53. The van der Waals surface area contributed by atoms with Crippen LogP contribution in [-0.4, -0.2) is 46.0 Å². The number of oxazole rings is 1. The summed E-state index contributed by atoms with van der Waals surface area (Å²) >= 11 is 0. The molecule has 0 radical (unpaired) electrons. The molecule has 7 heteroatoms. The molecule has 6 nitrogen and oxygen atoms in total. The zero-order valence-electron chi connectivity index (χ0n) is 12.5. The van der Waals surface area contributed by atoms with E-state index in [2.05, 4.69) is 19.9 Å². The Balaban J connectivity index is 1.41. The second kappa shape index (κ2) is 5.92. The summed E-state index contributed by atoms with van der Waals surface area (Å²) in [4.78, 5) is 16.4. The monoisotopic (exact) mass is 313 g/mol. The fraction of sp³-hybridized carbons (Fsp3) is 0.312. The van der Waals surface area contributed by atoms with Crippen LogP contribution in [0.3, 0.4) is 0 Å². The van der Waals surface area contributed by atoms with E-state index in [1.54, 1.807) is 0 Å². The van der Waals surface area contributed by atoms with E-state index < -0.39 is 0 Å². The van der Waals surface area contributed by atoms with Crippen LogP contribution in [0.2, 0.25) is 0 Å². The molecule has 1 aliphatic rings. The number of rotatable bonds is 3. The fourth-order valence-corrected chi connectivity index (χ4v) is 2.84. The molecule has 0 amide bonds. The van der Waals surface area contributed by atoms with Crippen molar-refractivity contribution >= 4 is 16.9 Å². The van der Waals surface area contributed by atoms with Gasteiger partial charge in [-0.3, -0.25) is 4.90 Å². The van der Waals surface area contributed by atoms with Crippen molar-refractivity contribution in [2.45, 2.75) is 6.54 Å². The van der Waals surface area contributed by atoms with Crippen molar-refractivity contribution in [3.8, 4) is 0 Å². The molecule has 1 aromatic carbocycles. The maximum Gasteiger partial charge on any atom is 0.209 e. The Labute approximate surface area is 132 Å².